The van der Waals surface area contributed by atoms with Crippen molar-refractivity contribution in [2.75, 3.05) is 0 Å². The summed E-state index contributed by atoms with van der Waals surface area (Å²) in [5, 5.41) is 13.7. The lowest BCUT2D eigenvalue weighted by atomic mass is 9.80. The van der Waals surface area contributed by atoms with Crippen LogP contribution in [0.25, 0.3) is 22.0 Å². The second kappa shape index (κ2) is 11.2. The van der Waals surface area contributed by atoms with E-state index in [2.05, 4.69) is 14.6 Å². The Balaban J connectivity index is 1.57. The molecule has 2 fully saturated rings. The maximum Gasteiger partial charge on any atom is 0.306 e. The fraction of sp³-hybridized carbons (Fsp3) is 0.500. The van der Waals surface area contributed by atoms with E-state index in [0.29, 0.717) is 29.7 Å². The molecule has 0 saturated heterocycles. The van der Waals surface area contributed by atoms with Crippen LogP contribution in [0.4, 0.5) is 0 Å². The van der Waals surface area contributed by atoms with E-state index in [1.165, 1.54) is 19.3 Å². The molecule has 8 nitrogen and oxygen atoms in total. The van der Waals surface area contributed by atoms with Crippen LogP contribution in [0.2, 0.25) is 0 Å². The Morgan fingerprint density at radius 1 is 1.00 bits per heavy atom. The molecule has 2 aromatic carbocycles. The molecule has 2 aliphatic rings. The maximum absolute atomic E-state index is 13.5. The van der Waals surface area contributed by atoms with Gasteiger partial charge in [-0.1, -0.05) is 49.6 Å². The van der Waals surface area contributed by atoms with Gasteiger partial charge in [-0.2, -0.15) is 0 Å². The predicted octanol–water partition coefficient (Wildman–Crippen LogP) is 5.87. The number of amides is 1. The van der Waals surface area contributed by atoms with Gasteiger partial charge >= 0.3 is 5.97 Å². The standard InChI is InChI=1S/C32H41N3O5S/c1-20-27(30(36)33-23-16-22(17-23)31(37)38)18-28(35(20)19-21-10-6-5-7-11-21)25-14-15-29(26-13-9-8-12-24(25)26)41(39,40)34-32(2,3)4/h8-9,12-15,18,21-23,34H,5-7,10-11,16-17,19H2,1-4H3,(H,33,36)(H,37,38)/t22-,23-. The largest absolute Gasteiger partial charge is 0.481 e. The third-order valence-electron chi connectivity index (χ3n) is 8.49. The van der Waals surface area contributed by atoms with Gasteiger partial charge < -0.3 is 15.0 Å². The summed E-state index contributed by atoms with van der Waals surface area (Å²) in [7, 11) is -3.78. The van der Waals surface area contributed by atoms with E-state index in [0.717, 1.165) is 41.7 Å². The first-order chi connectivity index (χ1) is 19.3. The molecule has 9 heteroatoms. The number of nitrogens with one attached hydrogen (secondary N) is 2. The number of carboxylic acid groups (broad SMARTS) is 1. The minimum absolute atomic E-state index is 0.145. The number of rotatable bonds is 8. The zero-order valence-electron chi connectivity index (χ0n) is 24.4. The highest BCUT2D eigenvalue weighted by molar-refractivity contribution is 7.89. The summed E-state index contributed by atoms with van der Waals surface area (Å²) in [5.41, 5.74) is 2.58. The third kappa shape index (κ3) is 6.21. The Morgan fingerprint density at radius 3 is 2.29 bits per heavy atom. The average Bonchev–Trinajstić information content (AvgIpc) is 3.19. The zero-order valence-corrected chi connectivity index (χ0v) is 25.2. The van der Waals surface area contributed by atoms with Crippen LogP contribution in [-0.2, 0) is 21.4 Å². The number of aliphatic carboxylic acids is 1. The highest BCUT2D eigenvalue weighted by atomic mass is 32.2. The van der Waals surface area contributed by atoms with Crippen molar-refractivity contribution in [3.63, 3.8) is 0 Å². The van der Waals surface area contributed by atoms with Gasteiger partial charge in [0.05, 0.1) is 16.4 Å². The van der Waals surface area contributed by atoms with E-state index < -0.39 is 27.4 Å². The molecule has 5 rings (SSSR count). The Kier molecular flexibility index (Phi) is 8.05. The van der Waals surface area contributed by atoms with Crippen LogP contribution in [0.5, 0.6) is 0 Å². The van der Waals surface area contributed by atoms with E-state index >= 15 is 0 Å². The molecule has 2 saturated carbocycles. The molecule has 2 aliphatic carbocycles. The van der Waals surface area contributed by atoms with Crippen molar-refractivity contribution >= 4 is 32.7 Å². The second-order valence-corrected chi connectivity index (χ2v) is 14.5. The molecule has 1 aromatic heterocycles. The number of sulfonamides is 1. The first-order valence-electron chi connectivity index (χ1n) is 14.6. The van der Waals surface area contributed by atoms with Crippen LogP contribution in [0.15, 0.2) is 47.4 Å². The first kappa shape index (κ1) is 29.3. The maximum atomic E-state index is 13.5. The van der Waals surface area contributed by atoms with Crippen LogP contribution in [0, 0.1) is 18.8 Å². The summed E-state index contributed by atoms with van der Waals surface area (Å²) in [5.74, 6) is -0.906. The van der Waals surface area contributed by atoms with Gasteiger partial charge in [0.15, 0.2) is 0 Å². The SMILES string of the molecule is Cc1c(C(=O)N[C@H]2C[C@H](C(=O)O)C2)cc(-c2ccc(S(=O)(=O)NC(C)(C)C)c3ccccc23)n1CC1CCCCC1. The van der Waals surface area contributed by atoms with Crippen molar-refractivity contribution in [1.29, 1.82) is 0 Å². The van der Waals surface area contributed by atoms with Gasteiger partial charge in [0.2, 0.25) is 10.0 Å². The number of nitrogens with zero attached hydrogens (tertiary/aromatic N) is 1. The predicted molar refractivity (Wildman–Crippen MR) is 160 cm³/mol. The molecule has 1 amide bonds. The van der Waals surface area contributed by atoms with Gasteiger partial charge in [-0.15, -0.1) is 0 Å². The molecule has 0 radical (unpaired) electrons. The lowest BCUT2D eigenvalue weighted by Gasteiger charge is -2.32. The normalized spacial score (nSPS) is 20.1. The van der Waals surface area contributed by atoms with Crippen LogP contribution in [0.3, 0.4) is 0 Å². The Labute approximate surface area is 242 Å². The summed E-state index contributed by atoms with van der Waals surface area (Å²) in [6.45, 7) is 8.22. The van der Waals surface area contributed by atoms with Crippen molar-refractivity contribution in [3.05, 3.63) is 53.7 Å². The topological polar surface area (TPSA) is 118 Å². The van der Waals surface area contributed by atoms with Crippen LogP contribution in [-0.4, -0.2) is 41.5 Å². The lowest BCUT2D eigenvalue weighted by molar-refractivity contribution is -0.145. The van der Waals surface area contributed by atoms with Crippen molar-refractivity contribution in [3.8, 4) is 11.3 Å². The fourth-order valence-corrected chi connectivity index (χ4v) is 7.98. The smallest absolute Gasteiger partial charge is 0.306 e. The molecule has 0 atom stereocenters. The van der Waals surface area contributed by atoms with Crippen LogP contribution < -0.4 is 10.0 Å². The summed E-state index contributed by atoms with van der Waals surface area (Å²) < 4.78 is 31.8. The number of aromatic nitrogens is 1. The molecule has 220 valence electrons. The Bertz CT molecular complexity index is 1570. The molecule has 41 heavy (non-hydrogen) atoms. The molecule has 0 spiro atoms. The molecule has 0 unspecified atom stereocenters. The van der Waals surface area contributed by atoms with Gasteiger partial charge in [-0.05, 0) is 76.8 Å². The number of benzene rings is 2. The highest BCUT2D eigenvalue weighted by Gasteiger charge is 2.36. The number of hydrogen-bond acceptors (Lipinski definition) is 4. The van der Waals surface area contributed by atoms with E-state index in [-0.39, 0.29) is 16.8 Å². The zero-order chi connectivity index (χ0) is 29.5. The quantitative estimate of drug-likeness (QED) is 0.309. The van der Waals surface area contributed by atoms with Crippen molar-refractivity contribution in [2.24, 2.45) is 11.8 Å². The van der Waals surface area contributed by atoms with Crippen molar-refractivity contribution < 1.29 is 23.1 Å². The summed E-state index contributed by atoms with van der Waals surface area (Å²) in [6, 6.07) is 12.8. The Morgan fingerprint density at radius 2 is 1.66 bits per heavy atom. The molecule has 1 heterocycles. The molecule has 3 N–H and O–H groups in total. The molecule has 0 bridgehead atoms. The minimum atomic E-state index is -3.78. The van der Waals surface area contributed by atoms with E-state index in [1.54, 1.807) is 6.07 Å². The highest BCUT2D eigenvalue weighted by Crippen LogP contribution is 2.37. The molecule has 0 aliphatic heterocycles. The summed E-state index contributed by atoms with van der Waals surface area (Å²) in [4.78, 5) is 24.9. The van der Waals surface area contributed by atoms with Crippen LogP contribution >= 0.6 is 0 Å². The lowest BCUT2D eigenvalue weighted by Crippen LogP contribution is -2.46. The van der Waals surface area contributed by atoms with Crippen molar-refractivity contribution in [2.45, 2.75) is 95.7 Å². The number of carbonyl (C=O) groups is 2. The van der Waals surface area contributed by atoms with E-state index in [9.17, 15) is 23.1 Å². The average molecular weight is 580 g/mol. The van der Waals surface area contributed by atoms with Gasteiger partial charge in [-0.25, -0.2) is 13.1 Å². The molecule has 3 aromatic rings. The second-order valence-electron chi connectivity index (χ2n) is 12.8. The monoisotopic (exact) mass is 579 g/mol. The summed E-state index contributed by atoms with van der Waals surface area (Å²) >= 11 is 0. The number of carboxylic acids is 1. The van der Waals surface area contributed by atoms with E-state index in [1.807, 2.05) is 64.1 Å². The fourth-order valence-electron chi connectivity index (χ4n) is 6.35. The Hall–Kier alpha value is -3.17. The first-order valence-corrected chi connectivity index (χ1v) is 16.1. The number of fused-ring (bicyclic) bond motifs is 1. The summed E-state index contributed by atoms with van der Waals surface area (Å²) in [6.07, 6.45) is 6.84. The number of carbonyl (C=O) groups excluding carboxylic acids is 1. The van der Waals surface area contributed by atoms with Gasteiger partial charge in [-0.3, -0.25) is 9.59 Å². The van der Waals surface area contributed by atoms with Gasteiger partial charge in [0.25, 0.3) is 5.91 Å². The molecular weight excluding hydrogens is 538 g/mol. The van der Waals surface area contributed by atoms with E-state index in [4.69, 9.17) is 0 Å². The van der Waals surface area contributed by atoms with Crippen LogP contribution in [0.1, 0.15) is 81.8 Å². The molecular formula is C32H41N3O5S. The third-order valence-corrected chi connectivity index (χ3v) is 10.3. The van der Waals surface area contributed by atoms with Gasteiger partial charge in [0.1, 0.15) is 0 Å². The minimum Gasteiger partial charge on any atom is -0.481 e. The number of hydrogen-bond donors (Lipinski definition) is 3. The van der Waals surface area contributed by atoms with Crippen molar-refractivity contribution in [1.82, 2.24) is 14.6 Å². The van der Waals surface area contributed by atoms with Gasteiger partial charge in [0, 0.05) is 40.5 Å².